The topological polar surface area (TPSA) is 64.4 Å². The van der Waals surface area contributed by atoms with Crippen LogP contribution in [0.4, 0.5) is 0 Å². The van der Waals surface area contributed by atoms with Gasteiger partial charge in [-0.25, -0.2) is 0 Å². The van der Waals surface area contributed by atoms with Crippen molar-refractivity contribution < 1.29 is 14.1 Å². The molecule has 0 radical (unpaired) electrons. The summed E-state index contributed by atoms with van der Waals surface area (Å²) in [5.41, 5.74) is 1.28. The third kappa shape index (κ3) is 4.63. The third-order valence-corrected chi connectivity index (χ3v) is 2.98. The predicted octanol–water partition coefficient (Wildman–Crippen LogP) is 3.09. The molecule has 2 rings (SSSR count). The summed E-state index contributed by atoms with van der Waals surface area (Å²) in [6.07, 6.45) is 2.14. The fraction of sp³-hybridized carbons (Fsp3) is 0.375. The highest BCUT2D eigenvalue weighted by atomic mass is 16.5. The molecule has 0 saturated carbocycles. The summed E-state index contributed by atoms with van der Waals surface area (Å²) in [4.78, 5) is 11.9. The van der Waals surface area contributed by atoms with E-state index in [2.05, 4.69) is 17.4 Å². The second kappa shape index (κ2) is 7.47. The normalized spacial score (nSPS) is 10.4. The molecule has 2 aromatic rings. The van der Waals surface area contributed by atoms with E-state index < -0.39 is 0 Å². The monoisotopic (exact) mass is 288 g/mol. The van der Waals surface area contributed by atoms with Crippen LogP contribution >= 0.6 is 0 Å². The molecule has 0 spiro atoms. The molecule has 0 fully saturated rings. The van der Waals surface area contributed by atoms with Crippen LogP contribution in [0.1, 0.15) is 41.6 Å². The Balaban J connectivity index is 1.88. The first kappa shape index (κ1) is 15.1. The van der Waals surface area contributed by atoms with Crippen molar-refractivity contribution in [3.05, 3.63) is 47.3 Å². The predicted molar refractivity (Wildman–Crippen MR) is 79.3 cm³/mol. The highest BCUT2D eigenvalue weighted by Crippen LogP contribution is 2.14. The van der Waals surface area contributed by atoms with Gasteiger partial charge in [-0.2, -0.15) is 0 Å². The van der Waals surface area contributed by atoms with Crippen molar-refractivity contribution in [1.29, 1.82) is 0 Å². The van der Waals surface area contributed by atoms with Gasteiger partial charge in [-0.1, -0.05) is 30.6 Å². The van der Waals surface area contributed by atoms with Crippen molar-refractivity contribution in [2.75, 3.05) is 6.61 Å². The van der Waals surface area contributed by atoms with Gasteiger partial charge in [0, 0.05) is 12.6 Å². The van der Waals surface area contributed by atoms with E-state index in [1.165, 1.54) is 0 Å². The van der Waals surface area contributed by atoms with Crippen molar-refractivity contribution in [3.8, 4) is 5.75 Å². The Bertz CT molecular complexity index is 593. The van der Waals surface area contributed by atoms with E-state index in [1.54, 1.807) is 13.0 Å². The number of nitrogens with one attached hydrogen (secondary N) is 1. The van der Waals surface area contributed by atoms with Crippen LogP contribution in [-0.2, 0) is 6.54 Å². The van der Waals surface area contributed by atoms with Gasteiger partial charge in [0.1, 0.15) is 11.5 Å². The number of hydrogen-bond donors (Lipinski definition) is 1. The Morgan fingerprint density at radius 1 is 1.38 bits per heavy atom. The SMILES string of the molecule is CCCCOc1cccc(CNC(=O)c2cc(C)on2)c1. The first-order valence-corrected chi connectivity index (χ1v) is 7.12. The number of aryl methyl sites for hydroxylation is 1. The zero-order valence-corrected chi connectivity index (χ0v) is 12.4. The maximum absolute atomic E-state index is 11.9. The zero-order valence-electron chi connectivity index (χ0n) is 12.4. The lowest BCUT2D eigenvalue weighted by atomic mass is 10.2. The molecule has 1 aromatic heterocycles. The van der Waals surface area contributed by atoms with E-state index in [-0.39, 0.29) is 5.91 Å². The van der Waals surface area contributed by atoms with E-state index >= 15 is 0 Å². The number of amides is 1. The zero-order chi connectivity index (χ0) is 15.1. The molecule has 21 heavy (non-hydrogen) atoms. The Hall–Kier alpha value is -2.30. The van der Waals surface area contributed by atoms with E-state index in [0.717, 1.165) is 24.2 Å². The van der Waals surface area contributed by atoms with Crippen LogP contribution in [0.15, 0.2) is 34.9 Å². The molecular formula is C16H20N2O3. The highest BCUT2D eigenvalue weighted by molar-refractivity contribution is 5.92. The van der Waals surface area contributed by atoms with E-state index in [9.17, 15) is 4.79 Å². The van der Waals surface area contributed by atoms with E-state index in [1.807, 2.05) is 24.3 Å². The molecule has 1 N–H and O–H groups in total. The second-order valence-electron chi connectivity index (χ2n) is 4.85. The quantitative estimate of drug-likeness (QED) is 0.795. The summed E-state index contributed by atoms with van der Waals surface area (Å²) in [7, 11) is 0. The van der Waals surface area contributed by atoms with Crippen molar-refractivity contribution in [2.45, 2.75) is 33.2 Å². The lowest BCUT2D eigenvalue weighted by Gasteiger charge is -2.08. The Kier molecular flexibility index (Phi) is 5.37. The molecule has 0 aliphatic rings. The maximum atomic E-state index is 11.9. The van der Waals surface area contributed by atoms with Crippen molar-refractivity contribution in [2.24, 2.45) is 0 Å². The third-order valence-electron chi connectivity index (χ3n) is 2.98. The summed E-state index contributed by atoms with van der Waals surface area (Å²) in [5.74, 6) is 1.20. The Morgan fingerprint density at radius 3 is 2.95 bits per heavy atom. The highest BCUT2D eigenvalue weighted by Gasteiger charge is 2.10. The molecule has 112 valence electrons. The lowest BCUT2D eigenvalue weighted by molar-refractivity contribution is 0.0941. The molecule has 1 amide bonds. The number of nitrogens with zero attached hydrogens (tertiary/aromatic N) is 1. The van der Waals surface area contributed by atoms with Crippen molar-refractivity contribution >= 4 is 5.91 Å². The lowest BCUT2D eigenvalue weighted by Crippen LogP contribution is -2.23. The minimum atomic E-state index is -0.246. The van der Waals surface area contributed by atoms with Gasteiger partial charge in [0.05, 0.1) is 6.61 Å². The molecule has 0 saturated heterocycles. The average Bonchev–Trinajstić information content (AvgIpc) is 2.92. The van der Waals surface area contributed by atoms with Gasteiger partial charge in [-0.15, -0.1) is 0 Å². The van der Waals surface area contributed by atoms with Crippen molar-refractivity contribution in [1.82, 2.24) is 10.5 Å². The van der Waals surface area contributed by atoms with Gasteiger partial charge in [0.15, 0.2) is 5.69 Å². The van der Waals surface area contributed by atoms with Crippen LogP contribution in [-0.4, -0.2) is 17.7 Å². The van der Waals surface area contributed by atoms with Gasteiger partial charge in [0.2, 0.25) is 0 Å². The summed E-state index contributed by atoms with van der Waals surface area (Å²) >= 11 is 0. The largest absolute Gasteiger partial charge is 0.494 e. The summed E-state index contributed by atoms with van der Waals surface area (Å²) in [6, 6.07) is 9.33. The van der Waals surface area contributed by atoms with Gasteiger partial charge in [-0.3, -0.25) is 4.79 Å². The number of rotatable bonds is 7. The van der Waals surface area contributed by atoms with Crippen LogP contribution in [0.25, 0.3) is 0 Å². The van der Waals surface area contributed by atoms with Gasteiger partial charge in [-0.05, 0) is 31.0 Å². The first-order chi connectivity index (χ1) is 10.2. The minimum Gasteiger partial charge on any atom is -0.494 e. The maximum Gasteiger partial charge on any atom is 0.273 e. The Morgan fingerprint density at radius 2 is 2.24 bits per heavy atom. The fourth-order valence-corrected chi connectivity index (χ4v) is 1.83. The van der Waals surface area contributed by atoms with Crippen LogP contribution in [0, 0.1) is 6.92 Å². The van der Waals surface area contributed by atoms with E-state index in [4.69, 9.17) is 9.26 Å². The van der Waals surface area contributed by atoms with Gasteiger partial charge in [0.25, 0.3) is 5.91 Å². The molecule has 0 aliphatic carbocycles. The number of aromatic nitrogens is 1. The molecule has 1 heterocycles. The standard InChI is InChI=1S/C16H20N2O3/c1-3-4-8-20-14-7-5-6-13(10-14)11-17-16(19)15-9-12(2)21-18-15/h5-7,9-10H,3-4,8,11H2,1-2H3,(H,17,19). The number of carbonyl (C=O) groups is 1. The van der Waals surface area contributed by atoms with Crippen LogP contribution in [0.3, 0.4) is 0 Å². The van der Waals surface area contributed by atoms with Crippen LogP contribution in [0.5, 0.6) is 5.75 Å². The summed E-state index contributed by atoms with van der Waals surface area (Å²) in [5, 5.41) is 6.49. The van der Waals surface area contributed by atoms with E-state index in [0.29, 0.717) is 24.6 Å². The van der Waals surface area contributed by atoms with Gasteiger partial charge < -0.3 is 14.6 Å². The molecule has 0 aliphatic heterocycles. The first-order valence-electron chi connectivity index (χ1n) is 7.12. The number of hydrogen-bond acceptors (Lipinski definition) is 4. The number of benzene rings is 1. The fourth-order valence-electron chi connectivity index (χ4n) is 1.83. The molecule has 0 atom stereocenters. The molecule has 0 bridgehead atoms. The number of ether oxygens (including phenoxy) is 1. The second-order valence-corrected chi connectivity index (χ2v) is 4.85. The summed E-state index contributed by atoms with van der Waals surface area (Å²) in [6.45, 7) is 5.02. The van der Waals surface area contributed by atoms with Crippen LogP contribution in [0.2, 0.25) is 0 Å². The number of unbranched alkanes of at least 4 members (excludes halogenated alkanes) is 1. The number of carbonyl (C=O) groups excluding carboxylic acids is 1. The van der Waals surface area contributed by atoms with Gasteiger partial charge >= 0.3 is 0 Å². The average molecular weight is 288 g/mol. The molecular weight excluding hydrogens is 268 g/mol. The Labute approximate surface area is 124 Å². The van der Waals surface area contributed by atoms with Crippen molar-refractivity contribution in [3.63, 3.8) is 0 Å². The molecule has 5 heteroatoms. The minimum absolute atomic E-state index is 0.246. The van der Waals surface area contributed by atoms with Crippen LogP contribution < -0.4 is 10.1 Å². The molecule has 5 nitrogen and oxygen atoms in total. The molecule has 1 aromatic carbocycles. The smallest absolute Gasteiger partial charge is 0.273 e. The summed E-state index contributed by atoms with van der Waals surface area (Å²) < 4.78 is 10.5. The molecule has 0 unspecified atom stereocenters.